The molecular formula is C25H26N2O3S. The summed E-state index contributed by atoms with van der Waals surface area (Å²) in [5, 5.41) is 0. The number of benzene rings is 3. The van der Waals surface area contributed by atoms with Gasteiger partial charge in [-0.15, -0.1) is 0 Å². The zero-order chi connectivity index (χ0) is 22.0. The van der Waals surface area contributed by atoms with Crippen molar-refractivity contribution in [1.82, 2.24) is 4.90 Å². The molecule has 1 heterocycles. The number of hydrogen-bond donors (Lipinski definition) is 1. The second-order valence-corrected chi connectivity index (χ2v) is 9.84. The molecular weight excluding hydrogens is 408 g/mol. The van der Waals surface area contributed by atoms with E-state index in [9.17, 15) is 13.2 Å². The molecule has 0 radical (unpaired) electrons. The Kier molecular flexibility index (Phi) is 5.83. The van der Waals surface area contributed by atoms with Crippen LogP contribution in [0.3, 0.4) is 0 Å². The molecule has 5 nitrogen and oxygen atoms in total. The second-order valence-electron chi connectivity index (χ2n) is 8.16. The van der Waals surface area contributed by atoms with Crippen LogP contribution in [0.1, 0.15) is 46.8 Å². The van der Waals surface area contributed by atoms with Crippen LogP contribution in [0.25, 0.3) is 0 Å². The number of rotatable bonds is 5. The number of sulfonamides is 1. The third kappa shape index (κ3) is 4.64. The maximum absolute atomic E-state index is 12.8. The monoisotopic (exact) mass is 434 g/mol. The maximum atomic E-state index is 12.8. The standard InChI is InChI=1S/C25H26N2O3S/c1-18(2)19-9-12-24(13-10-19)31(29,30)26-23-11-8-20-14-15-27(17-22(20)16-23)25(28)21-6-4-3-5-7-21/h3-13,16,18,26H,14-15,17H2,1-2H3. The summed E-state index contributed by atoms with van der Waals surface area (Å²) in [5.74, 6) is 0.328. The van der Waals surface area contributed by atoms with E-state index >= 15 is 0 Å². The molecule has 0 spiro atoms. The minimum atomic E-state index is -3.69. The smallest absolute Gasteiger partial charge is 0.261 e. The van der Waals surface area contributed by atoms with Crippen molar-refractivity contribution in [3.63, 3.8) is 0 Å². The Labute approximate surface area is 183 Å². The van der Waals surface area contributed by atoms with Crippen molar-refractivity contribution in [2.45, 2.75) is 37.6 Å². The lowest BCUT2D eigenvalue weighted by Crippen LogP contribution is -2.36. The summed E-state index contributed by atoms with van der Waals surface area (Å²) < 4.78 is 28.3. The Balaban J connectivity index is 1.52. The Morgan fingerprint density at radius 3 is 2.32 bits per heavy atom. The van der Waals surface area contributed by atoms with Gasteiger partial charge in [0, 0.05) is 24.3 Å². The number of carbonyl (C=O) groups is 1. The average molecular weight is 435 g/mol. The van der Waals surface area contributed by atoms with E-state index in [1.807, 2.05) is 54.6 Å². The third-order valence-electron chi connectivity index (χ3n) is 5.64. The predicted octanol–water partition coefficient (Wildman–Crippen LogP) is 4.81. The lowest BCUT2D eigenvalue weighted by Gasteiger charge is -2.29. The van der Waals surface area contributed by atoms with Gasteiger partial charge in [-0.3, -0.25) is 9.52 Å². The molecule has 4 rings (SSSR count). The van der Waals surface area contributed by atoms with Crippen LogP contribution in [0.4, 0.5) is 5.69 Å². The van der Waals surface area contributed by atoms with Crippen LogP contribution in [-0.4, -0.2) is 25.8 Å². The van der Waals surface area contributed by atoms with Crippen LogP contribution in [0.2, 0.25) is 0 Å². The Bertz CT molecular complexity index is 1190. The van der Waals surface area contributed by atoms with E-state index in [0.29, 0.717) is 30.3 Å². The van der Waals surface area contributed by atoms with Gasteiger partial charge in [-0.05, 0) is 65.4 Å². The largest absolute Gasteiger partial charge is 0.334 e. The van der Waals surface area contributed by atoms with Gasteiger partial charge in [0.25, 0.3) is 15.9 Å². The maximum Gasteiger partial charge on any atom is 0.261 e. The number of fused-ring (bicyclic) bond motifs is 1. The first kappa shape index (κ1) is 21.1. The summed E-state index contributed by atoms with van der Waals surface area (Å²) in [4.78, 5) is 14.8. The lowest BCUT2D eigenvalue weighted by atomic mass is 9.98. The van der Waals surface area contributed by atoms with Crippen LogP contribution in [0.5, 0.6) is 0 Å². The van der Waals surface area contributed by atoms with Crippen molar-refractivity contribution >= 4 is 21.6 Å². The van der Waals surface area contributed by atoms with E-state index in [1.54, 1.807) is 23.1 Å². The zero-order valence-corrected chi connectivity index (χ0v) is 18.5. The van der Waals surface area contributed by atoms with Crippen LogP contribution in [-0.2, 0) is 23.0 Å². The molecule has 1 aliphatic rings. The van der Waals surface area contributed by atoms with Gasteiger partial charge < -0.3 is 4.90 Å². The summed E-state index contributed by atoms with van der Waals surface area (Å²) in [6.07, 6.45) is 0.748. The van der Waals surface area contributed by atoms with E-state index in [2.05, 4.69) is 18.6 Å². The number of nitrogens with zero attached hydrogens (tertiary/aromatic N) is 1. The van der Waals surface area contributed by atoms with Gasteiger partial charge in [-0.25, -0.2) is 8.42 Å². The summed E-state index contributed by atoms with van der Waals surface area (Å²) in [6, 6.07) is 21.7. The molecule has 1 N–H and O–H groups in total. The Morgan fingerprint density at radius 1 is 0.935 bits per heavy atom. The first-order valence-electron chi connectivity index (χ1n) is 10.4. The van der Waals surface area contributed by atoms with Crippen LogP contribution >= 0.6 is 0 Å². The van der Waals surface area contributed by atoms with Gasteiger partial charge in [0.1, 0.15) is 0 Å². The summed E-state index contributed by atoms with van der Waals surface area (Å²) in [7, 11) is -3.69. The highest BCUT2D eigenvalue weighted by Gasteiger charge is 2.23. The Morgan fingerprint density at radius 2 is 1.65 bits per heavy atom. The first-order valence-corrected chi connectivity index (χ1v) is 11.9. The molecule has 3 aromatic carbocycles. The summed E-state index contributed by atoms with van der Waals surface area (Å²) in [6.45, 7) is 5.25. The molecule has 1 amide bonds. The molecule has 0 unspecified atom stereocenters. The van der Waals surface area contributed by atoms with Crippen LogP contribution in [0, 0.1) is 0 Å². The molecule has 0 saturated heterocycles. The van der Waals surface area contributed by atoms with Crippen LogP contribution < -0.4 is 4.72 Å². The van der Waals surface area contributed by atoms with E-state index in [4.69, 9.17) is 0 Å². The molecule has 0 aliphatic carbocycles. The van der Waals surface area contributed by atoms with Gasteiger partial charge in [0.2, 0.25) is 0 Å². The van der Waals surface area contributed by atoms with E-state index in [0.717, 1.165) is 23.1 Å². The molecule has 160 valence electrons. The molecule has 3 aromatic rings. The van der Waals surface area contributed by atoms with Crippen molar-refractivity contribution in [1.29, 1.82) is 0 Å². The zero-order valence-electron chi connectivity index (χ0n) is 17.7. The van der Waals surface area contributed by atoms with Gasteiger partial charge in [-0.2, -0.15) is 0 Å². The summed E-state index contributed by atoms with van der Waals surface area (Å²) in [5.41, 5.74) is 4.36. The number of nitrogens with one attached hydrogen (secondary N) is 1. The van der Waals surface area contributed by atoms with Crippen molar-refractivity contribution in [3.05, 3.63) is 95.1 Å². The SMILES string of the molecule is CC(C)c1ccc(S(=O)(=O)Nc2ccc3c(c2)CN(C(=O)c2ccccc2)CC3)cc1. The third-order valence-corrected chi connectivity index (χ3v) is 7.03. The molecule has 0 atom stereocenters. The van der Waals surface area contributed by atoms with Gasteiger partial charge in [-0.1, -0.05) is 50.2 Å². The fraction of sp³-hybridized carbons (Fsp3) is 0.240. The second kappa shape index (κ2) is 8.55. The summed E-state index contributed by atoms with van der Waals surface area (Å²) >= 11 is 0. The van der Waals surface area contributed by atoms with Gasteiger partial charge >= 0.3 is 0 Å². The predicted molar refractivity (Wildman–Crippen MR) is 123 cm³/mol. The van der Waals surface area contributed by atoms with Crippen molar-refractivity contribution in [2.24, 2.45) is 0 Å². The average Bonchev–Trinajstić information content (AvgIpc) is 2.78. The number of amides is 1. The van der Waals surface area contributed by atoms with Crippen molar-refractivity contribution in [2.75, 3.05) is 11.3 Å². The Hall–Kier alpha value is -3.12. The fourth-order valence-electron chi connectivity index (χ4n) is 3.80. The number of carbonyl (C=O) groups excluding carboxylic acids is 1. The molecule has 0 fully saturated rings. The number of hydrogen-bond acceptors (Lipinski definition) is 3. The topological polar surface area (TPSA) is 66.5 Å². The van der Waals surface area contributed by atoms with E-state index < -0.39 is 10.0 Å². The fourth-order valence-corrected chi connectivity index (χ4v) is 4.85. The highest BCUT2D eigenvalue weighted by atomic mass is 32.2. The molecule has 1 aliphatic heterocycles. The van der Waals surface area contributed by atoms with Crippen molar-refractivity contribution in [3.8, 4) is 0 Å². The normalized spacial score (nSPS) is 13.7. The number of anilines is 1. The highest BCUT2D eigenvalue weighted by Crippen LogP contribution is 2.26. The molecule has 0 bridgehead atoms. The molecule has 6 heteroatoms. The van der Waals surface area contributed by atoms with Gasteiger partial charge in [0.05, 0.1) is 4.90 Å². The quantitative estimate of drug-likeness (QED) is 0.627. The molecule has 0 saturated carbocycles. The van der Waals surface area contributed by atoms with E-state index in [1.165, 1.54) is 0 Å². The highest BCUT2D eigenvalue weighted by molar-refractivity contribution is 7.92. The minimum Gasteiger partial charge on any atom is -0.334 e. The van der Waals surface area contributed by atoms with Crippen LogP contribution in [0.15, 0.2) is 77.7 Å². The molecule has 31 heavy (non-hydrogen) atoms. The lowest BCUT2D eigenvalue weighted by molar-refractivity contribution is 0.0734. The van der Waals surface area contributed by atoms with Gasteiger partial charge in [0.15, 0.2) is 0 Å². The van der Waals surface area contributed by atoms with E-state index in [-0.39, 0.29) is 10.8 Å². The first-order chi connectivity index (χ1) is 14.8. The molecule has 0 aromatic heterocycles. The van der Waals surface area contributed by atoms with Crippen molar-refractivity contribution < 1.29 is 13.2 Å². The minimum absolute atomic E-state index is 0.0116.